The van der Waals surface area contributed by atoms with Crippen molar-refractivity contribution in [3.05, 3.63) is 33.2 Å². The minimum absolute atomic E-state index is 0.0670. The van der Waals surface area contributed by atoms with Crippen LogP contribution >= 0.6 is 0 Å². The Hall–Kier alpha value is -2.73. The minimum Gasteiger partial charge on any atom is -0.444 e. The fourth-order valence-electron chi connectivity index (χ4n) is 2.43. The predicted molar refractivity (Wildman–Crippen MR) is 83.3 cm³/mol. The Bertz CT molecular complexity index is 755. The van der Waals surface area contributed by atoms with Gasteiger partial charge in [0.1, 0.15) is 11.9 Å². The van der Waals surface area contributed by atoms with Crippen molar-refractivity contribution >= 4 is 12.3 Å². The van der Waals surface area contributed by atoms with Crippen LogP contribution in [0.2, 0.25) is 0 Å². The number of aliphatic hydroxyl groups is 2. The van der Waals surface area contributed by atoms with Crippen molar-refractivity contribution in [2.45, 2.75) is 43.8 Å². The molecule has 1 saturated heterocycles. The number of anilines is 1. The predicted octanol–water partition coefficient (Wildman–Crippen LogP) is -0.209. The maximum atomic E-state index is 14.4. The molecule has 2 rings (SSSR count). The second kappa shape index (κ2) is 8.10. The van der Waals surface area contributed by atoms with E-state index in [9.17, 15) is 24.2 Å². The summed E-state index contributed by atoms with van der Waals surface area (Å²) in [6, 6.07) is 1.30. The van der Waals surface area contributed by atoms with Gasteiger partial charge in [-0.3, -0.25) is 9.36 Å². The molecule has 1 aliphatic rings. The Morgan fingerprint density at radius 1 is 1.73 bits per heavy atom. The van der Waals surface area contributed by atoms with E-state index in [1.54, 1.807) is 6.92 Å². The van der Waals surface area contributed by atoms with Crippen molar-refractivity contribution in [1.29, 1.82) is 0 Å². The van der Waals surface area contributed by atoms with Crippen LogP contribution < -0.4 is 11.0 Å². The zero-order valence-electron chi connectivity index (χ0n) is 13.6. The van der Waals surface area contributed by atoms with Gasteiger partial charge in [-0.25, -0.2) is 9.18 Å². The van der Waals surface area contributed by atoms with Gasteiger partial charge in [0, 0.05) is 17.5 Å². The number of azide groups is 1. The molecule has 3 N–H and O–H groups in total. The molecule has 142 valence electrons. The molecule has 1 aromatic heterocycles. The van der Waals surface area contributed by atoms with Crippen LogP contribution in [0.1, 0.15) is 19.6 Å². The molecule has 0 radical (unpaired) electrons. The molecule has 2 unspecified atom stereocenters. The molecule has 13 heteroatoms. The summed E-state index contributed by atoms with van der Waals surface area (Å²) in [6.45, 7) is 0.986. The number of hydrogen-bond acceptors (Lipinski definition) is 9. The van der Waals surface area contributed by atoms with Crippen LogP contribution in [-0.4, -0.2) is 57.1 Å². The fourth-order valence-corrected chi connectivity index (χ4v) is 2.43. The van der Waals surface area contributed by atoms with Crippen LogP contribution in [0.15, 0.2) is 22.2 Å². The number of carbonyl (C=O) groups excluding carboxylic acids is 1. The quantitative estimate of drug-likeness (QED) is 0.185. The van der Waals surface area contributed by atoms with E-state index >= 15 is 0 Å². The first kappa shape index (κ1) is 19.6. The van der Waals surface area contributed by atoms with E-state index in [1.165, 1.54) is 6.07 Å². The van der Waals surface area contributed by atoms with Crippen LogP contribution in [0.3, 0.4) is 0 Å². The third kappa shape index (κ3) is 3.60. The van der Waals surface area contributed by atoms with E-state index in [2.05, 4.69) is 20.3 Å². The lowest BCUT2D eigenvalue weighted by Gasteiger charge is -2.23. The summed E-state index contributed by atoms with van der Waals surface area (Å²) in [4.78, 5) is 28.7. The number of aromatic nitrogens is 2. The van der Waals surface area contributed by atoms with Crippen LogP contribution in [0, 0.1) is 0 Å². The molecular formula is C13H17FN6O6. The highest BCUT2D eigenvalue weighted by atomic mass is 19.1. The monoisotopic (exact) mass is 372 g/mol. The molecule has 0 bridgehead atoms. The lowest BCUT2D eigenvalue weighted by Crippen LogP contribution is -2.43. The van der Waals surface area contributed by atoms with Gasteiger partial charge in [-0.05, 0) is 11.6 Å². The Kier molecular flexibility index (Phi) is 6.10. The van der Waals surface area contributed by atoms with Gasteiger partial charge in [0.2, 0.25) is 5.72 Å². The average Bonchev–Trinajstić information content (AvgIpc) is 2.87. The van der Waals surface area contributed by atoms with Gasteiger partial charge in [-0.15, -0.1) is 0 Å². The standard InChI is InChI=1S/C13H17FN6O6/c1-2-8(25-6-22)16-7-3-4-20(12(24)17-7)11-9(14)10(23)13(5-21,26-11)18-19-15/h3-4,6,8-11,21,23H,2,5H2,1H3,(H,16,17,24)/t8-,9+,10?,11?,13-/m1/s1. The van der Waals surface area contributed by atoms with Crippen LogP contribution in [-0.2, 0) is 14.3 Å². The first-order valence-corrected chi connectivity index (χ1v) is 7.54. The number of carbonyl (C=O) groups is 1. The highest BCUT2D eigenvalue weighted by Crippen LogP contribution is 2.39. The summed E-state index contributed by atoms with van der Waals surface area (Å²) in [5.41, 5.74) is 5.34. The molecule has 1 aliphatic heterocycles. The molecule has 0 amide bonds. The maximum Gasteiger partial charge on any atom is 0.351 e. The minimum atomic E-state index is -2.25. The van der Waals surface area contributed by atoms with Crippen molar-refractivity contribution in [3.63, 3.8) is 0 Å². The second-order valence-corrected chi connectivity index (χ2v) is 5.37. The van der Waals surface area contributed by atoms with Gasteiger partial charge >= 0.3 is 5.69 Å². The number of nitrogens with one attached hydrogen (secondary N) is 1. The molecule has 1 aromatic rings. The van der Waals surface area contributed by atoms with Crippen LogP contribution in [0.4, 0.5) is 10.2 Å². The SMILES string of the molecule is CC[C@H](Nc1ccn(C2O[C@@](CO)(N=[N+]=[N-])C(O)[C@@H]2F)c(=O)n1)OC=O. The number of hydrogen-bond donors (Lipinski definition) is 3. The maximum absolute atomic E-state index is 14.4. The van der Waals surface area contributed by atoms with Crippen molar-refractivity contribution in [1.82, 2.24) is 9.55 Å². The van der Waals surface area contributed by atoms with E-state index < -0.39 is 42.8 Å². The van der Waals surface area contributed by atoms with E-state index in [4.69, 9.17) is 15.0 Å². The van der Waals surface area contributed by atoms with Gasteiger partial charge in [0.25, 0.3) is 6.47 Å². The van der Waals surface area contributed by atoms with Gasteiger partial charge in [0.05, 0.1) is 6.61 Å². The highest BCUT2D eigenvalue weighted by Gasteiger charge is 2.56. The number of ether oxygens (including phenoxy) is 2. The first-order valence-electron chi connectivity index (χ1n) is 7.54. The van der Waals surface area contributed by atoms with E-state index in [0.717, 1.165) is 10.8 Å². The molecule has 12 nitrogen and oxygen atoms in total. The van der Waals surface area contributed by atoms with E-state index in [0.29, 0.717) is 6.42 Å². The zero-order chi connectivity index (χ0) is 19.3. The molecule has 0 saturated carbocycles. The normalized spacial score (nSPS) is 28.8. The summed E-state index contributed by atoms with van der Waals surface area (Å²) >= 11 is 0. The Morgan fingerprint density at radius 3 is 3.00 bits per heavy atom. The number of rotatable bonds is 8. The van der Waals surface area contributed by atoms with Crippen molar-refractivity contribution in [3.8, 4) is 0 Å². The van der Waals surface area contributed by atoms with Crippen molar-refractivity contribution < 1.29 is 28.9 Å². The van der Waals surface area contributed by atoms with Crippen molar-refractivity contribution in [2.24, 2.45) is 5.11 Å². The second-order valence-electron chi connectivity index (χ2n) is 5.37. The third-order valence-corrected chi connectivity index (χ3v) is 3.81. The molecule has 0 spiro atoms. The Morgan fingerprint density at radius 2 is 2.46 bits per heavy atom. The summed E-state index contributed by atoms with van der Waals surface area (Å²) in [6.07, 6.45) is -4.97. The summed E-state index contributed by atoms with van der Waals surface area (Å²) in [7, 11) is 0. The summed E-state index contributed by atoms with van der Waals surface area (Å²) in [5, 5.41) is 25.0. The highest BCUT2D eigenvalue weighted by molar-refractivity contribution is 5.40. The smallest absolute Gasteiger partial charge is 0.351 e. The van der Waals surface area contributed by atoms with E-state index in [1.807, 2.05) is 0 Å². The number of nitrogens with zero attached hydrogens (tertiary/aromatic N) is 5. The number of halogens is 1. The number of aliphatic hydroxyl groups excluding tert-OH is 2. The van der Waals surface area contributed by atoms with E-state index in [-0.39, 0.29) is 12.3 Å². The van der Waals surface area contributed by atoms with Crippen LogP contribution in [0.25, 0.3) is 10.4 Å². The average molecular weight is 372 g/mol. The lowest BCUT2D eigenvalue weighted by molar-refractivity contribution is -0.132. The van der Waals surface area contributed by atoms with Gasteiger partial charge in [0.15, 0.2) is 18.6 Å². The first-order chi connectivity index (χ1) is 12.4. The molecule has 5 atom stereocenters. The fraction of sp³-hybridized carbons (Fsp3) is 0.615. The van der Waals surface area contributed by atoms with Gasteiger partial charge in [-0.2, -0.15) is 4.98 Å². The van der Waals surface area contributed by atoms with Crippen LogP contribution in [0.5, 0.6) is 0 Å². The summed E-state index contributed by atoms with van der Waals surface area (Å²) in [5.74, 6) is 0.0670. The van der Waals surface area contributed by atoms with Gasteiger partial charge < -0.3 is 25.0 Å². The Labute approximate surface area is 145 Å². The zero-order valence-corrected chi connectivity index (χ0v) is 13.6. The van der Waals surface area contributed by atoms with Crippen molar-refractivity contribution in [2.75, 3.05) is 11.9 Å². The lowest BCUT2D eigenvalue weighted by atomic mass is 10.1. The summed E-state index contributed by atoms with van der Waals surface area (Å²) < 4.78 is 25.0. The molecular weight excluding hydrogens is 355 g/mol. The molecule has 1 fully saturated rings. The molecule has 26 heavy (non-hydrogen) atoms. The number of alkyl halides is 1. The van der Waals surface area contributed by atoms with Gasteiger partial charge in [-0.1, -0.05) is 12.0 Å². The third-order valence-electron chi connectivity index (χ3n) is 3.81. The molecule has 0 aromatic carbocycles. The largest absolute Gasteiger partial charge is 0.444 e. The molecule has 0 aliphatic carbocycles. The topological polar surface area (TPSA) is 172 Å². The molecule has 2 heterocycles. The Balaban J connectivity index is 2.28.